The first-order chi connectivity index (χ1) is 12.6. The lowest BCUT2D eigenvalue weighted by Gasteiger charge is -2.29. The average Bonchev–Trinajstić information content (AvgIpc) is 2.59. The number of benzene rings is 2. The second kappa shape index (κ2) is 8.82. The summed E-state index contributed by atoms with van der Waals surface area (Å²) in [7, 11) is -3.80. The van der Waals surface area contributed by atoms with E-state index in [2.05, 4.69) is 5.32 Å². The molecule has 0 saturated heterocycles. The van der Waals surface area contributed by atoms with Gasteiger partial charge in [0.2, 0.25) is 15.9 Å². The predicted octanol–water partition coefficient (Wildman–Crippen LogP) is 4.19. The molecule has 0 aromatic heterocycles. The highest BCUT2D eigenvalue weighted by Gasteiger charge is 2.30. The summed E-state index contributed by atoms with van der Waals surface area (Å²) >= 11 is 12.1. The summed E-state index contributed by atoms with van der Waals surface area (Å²) in [6.45, 7) is 3.88. The fourth-order valence-corrected chi connectivity index (χ4v) is 4.09. The normalized spacial score (nSPS) is 12.3. The number of sulfonamides is 1. The quantitative estimate of drug-likeness (QED) is 0.714. The third-order valence-electron chi connectivity index (χ3n) is 3.67. The lowest BCUT2D eigenvalue weighted by molar-refractivity contribution is -0.116. The van der Waals surface area contributed by atoms with Crippen LogP contribution >= 0.6 is 23.2 Å². The van der Waals surface area contributed by atoms with Crippen molar-refractivity contribution in [2.24, 2.45) is 0 Å². The first kappa shape index (κ1) is 21.3. The molecule has 1 amide bonds. The number of hydrogen-bond donors (Lipinski definition) is 1. The molecule has 0 saturated carbocycles. The van der Waals surface area contributed by atoms with Crippen LogP contribution in [0.15, 0.2) is 42.5 Å². The van der Waals surface area contributed by atoms with Crippen molar-refractivity contribution in [2.75, 3.05) is 22.5 Å². The zero-order chi connectivity index (χ0) is 20.2. The highest BCUT2D eigenvalue weighted by molar-refractivity contribution is 7.92. The van der Waals surface area contributed by atoms with Crippen LogP contribution in [0.5, 0.6) is 5.75 Å². The van der Waals surface area contributed by atoms with Crippen LogP contribution in [0.25, 0.3) is 0 Å². The summed E-state index contributed by atoms with van der Waals surface area (Å²) in [5.74, 6) is 0.160. The van der Waals surface area contributed by atoms with Gasteiger partial charge in [-0.05, 0) is 56.3 Å². The van der Waals surface area contributed by atoms with Gasteiger partial charge in [-0.3, -0.25) is 9.10 Å². The lowest BCUT2D eigenvalue weighted by Crippen LogP contribution is -2.45. The molecule has 1 atom stereocenters. The second-order valence-corrected chi connectivity index (χ2v) is 8.48. The molecule has 0 bridgehead atoms. The van der Waals surface area contributed by atoms with Crippen molar-refractivity contribution < 1.29 is 17.9 Å². The van der Waals surface area contributed by atoms with E-state index in [9.17, 15) is 13.2 Å². The first-order valence-electron chi connectivity index (χ1n) is 8.11. The Morgan fingerprint density at radius 2 is 1.81 bits per heavy atom. The Hall–Kier alpha value is -1.96. The van der Waals surface area contributed by atoms with Crippen LogP contribution in [0, 0.1) is 0 Å². The van der Waals surface area contributed by atoms with Crippen LogP contribution in [-0.4, -0.2) is 33.2 Å². The summed E-state index contributed by atoms with van der Waals surface area (Å²) in [6, 6.07) is 10.2. The molecule has 1 N–H and O–H groups in total. The van der Waals surface area contributed by atoms with E-state index in [0.29, 0.717) is 23.1 Å². The van der Waals surface area contributed by atoms with E-state index in [1.54, 1.807) is 30.3 Å². The zero-order valence-electron chi connectivity index (χ0n) is 15.1. The smallest absolute Gasteiger partial charge is 0.247 e. The molecular weight excluding hydrogens is 411 g/mol. The molecule has 0 radical (unpaired) electrons. The Balaban J connectivity index is 2.28. The molecule has 9 heteroatoms. The molecule has 0 aliphatic heterocycles. The van der Waals surface area contributed by atoms with Crippen LogP contribution in [0.4, 0.5) is 11.4 Å². The van der Waals surface area contributed by atoms with Crippen molar-refractivity contribution >= 4 is 50.5 Å². The summed E-state index contributed by atoms with van der Waals surface area (Å²) in [5.41, 5.74) is 0.655. The molecule has 146 valence electrons. The van der Waals surface area contributed by atoms with E-state index < -0.39 is 22.0 Å². The van der Waals surface area contributed by atoms with Gasteiger partial charge >= 0.3 is 0 Å². The summed E-state index contributed by atoms with van der Waals surface area (Å²) < 4.78 is 31.0. The van der Waals surface area contributed by atoms with Crippen LogP contribution in [0.1, 0.15) is 13.8 Å². The van der Waals surface area contributed by atoms with Crippen LogP contribution < -0.4 is 14.4 Å². The van der Waals surface area contributed by atoms with E-state index in [1.165, 1.54) is 19.1 Å². The number of nitrogens with one attached hydrogen (secondary N) is 1. The molecule has 2 aromatic rings. The molecular formula is C18H20Cl2N2O4S. The summed E-state index contributed by atoms with van der Waals surface area (Å²) in [5, 5.41) is 3.17. The number of amides is 1. The van der Waals surface area contributed by atoms with Crippen molar-refractivity contribution in [1.29, 1.82) is 0 Å². The Bertz CT molecular complexity index is 917. The molecule has 27 heavy (non-hydrogen) atoms. The van der Waals surface area contributed by atoms with E-state index in [1.807, 2.05) is 6.92 Å². The number of ether oxygens (including phenoxy) is 1. The maximum Gasteiger partial charge on any atom is 0.247 e. The minimum Gasteiger partial charge on any atom is -0.494 e. The number of halogens is 2. The number of rotatable bonds is 7. The second-order valence-electron chi connectivity index (χ2n) is 5.78. The lowest BCUT2D eigenvalue weighted by atomic mass is 10.2. The van der Waals surface area contributed by atoms with Gasteiger partial charge in [-0.15, -0.1) is 0 Å². The Labute approximate surface area is 169 Å². The molecule has 0 fully saturated rings. The molecule has 2 aromatic carbocycles. The summed E-state index contributed by atoms with van der Waals surface area (Å²) in [6.07, 6.45) is 1.00. The predicted molar refractivity (Wildman–Crippen MR) is 109 cm³/mol. The number of anilines is 2. The van der Waals surface area contributed by atoms with Crippen molar-refractivity contribution in [3.05, 3.63) is 52.5 Å². The van der Waals surface area contributed by atoms with Crippen molar-refractivity contribution in [3.8, 4) is 5.75 Å². The third kappa shape index (κ3) is 5.51. The Morgan fingerprint density at radius 3 is 2.37 bits per heavy atom. The molecule has 0 heterocycles. The SMILES string of the molecule is CCOc1ccc(NC(=O)C(C)N(c2cc(Cl)ccc2Cl)S(C)(=O)=O)cc1. The first-order valence-corrected chi connectivity index (χ1v) is 10.7. The molecule has 2 rings (SSSR count). The zero-order valence-corrected chi connectivity index (χ0v) is 17.4. The molecule has 6 nitrogen and oxygen atoms in total. The van der Waals surface area contributed by atoms with E-state index >= 15 is 0 Å². The number of hydrogen-bond acceptors (Lipinski definition) is 4. The van der Waals surface area contributed by atoms with Gasteiger partial charge in [-0.1, -0.05) is 23.2 Å². The van der Waals surface area contributed by atoms with Gasteiger partial charge in [0.15, 0.2) is 0 Å². The van der Waals surface area contributed by atoms with Crippen LogP contribution in [0.2, 0.25) is 10.0 Å². The number of carbonyl (C=O) groups excluding carboxylic acids is 1. The van der Waals surface area contributed by atoms with Gasteiger partial charge in [-0.2, -0.15) is 0 Å². The van der Waals surface area contributed by atoms with E-state index in [-0.39, 0.29) is 10.7 Å². The fraction of sp³-hybridized carbons (Fsp3) is 0.278. The Kier molecular flexibility index (Phi) is 6.97. The maximum absolute atomic E-state index is 12.7. The van der Waals surface area contributed by atoms with E-state index in [4.69, 9.17) is 27.9 Å². The van der Waals surface area contributed by atoms with Crippen molar-refractivity contribution in [1.82, 2.24) is 0 Å². The standard InChI is InChI=1S/C18H20Cl2N2O4S/c1-4-26-15-8-6-14(7-9-15)21-18(23)12(2)22(27(3,24)25)17-11-13(19)5-10-16(17)20/h5-12H,4H2,1-3H3,(H,21,23). The molecule has 0 aliphatic carbocycles. The Morgan fingerprint density at radius 1 is 1.19 bits per heavy atom. The van der Waals surface area contributed by atoms with Gasteiger partial charge in [0.25, 0.3) is 0 Å². The number of nitrogens with zero attached hydrogens (tertiary/aromatic N) is 1. The fourth-order valence-electron chi connectivity index (χ4n) is 2.48. The van der Waals surface area contributed by atoms with Crippen LogP contribution in [0.3, 0.4) is 0 Å². The molecule has 0 aliphatic rings. The highest BCUT2D eigenvalue weighted by Crippen LogP contribution is 2.32. The van der Waals surface area contributed by atoms with Crippen molar-refractivity contribution in [3.63, 3.8) is 0 Å². The van der Waals surface area contributed by atoms with Gasteiger partial charge < -0.3 is 10.1 Å². The minimum atomic E-state index is -3.80. The van der Waals surface area contributed by atoms with Gasteiger partial charge in [0, 0.05) is 10.7 Å². The largest absolute Gasteiger partial charge is 0.494 e. The molecule has 1 unspecified atom stereocenters. The maximum atomic E-state index is 12.7. The van der Waals surface area contributed by atoms with Gasteiger partial charge in [-0.25, -0.2) is 8.42 Å². The average molecular weight is 431 g/mol. The van der Waals surface area contributed by atoms with Crippen LogP contribution in [-0.2, 0) is 14.8 Å². The summed E-state index contributed by atoms with van der Waals surface area (Å²) in [4.78, 5) is 12.7. The van der Waals surface area contributed by atoms with Crippen molar-refractivity contribution in [2.45, 2.75) is 19.9 Å². The monoisotopic (exact) mass is 430 g/mol. The topological polar surface area (TPSA) is 75.7 Å². The molecule has 0 spiro atoms. The van der Waals surface area contributed by atoms with E-state index in [0.717, 1.165) is 10.6 Å². The van der Waals surface area contributed by atoms with Gasteiger partial charge in [0.05, 0.1) is 23.6 Å². The minimum absolute atomic E-state index is 0.140. The number of carbonyl (C=O) groups is 1. The third-order valence-corrected chi connectivity index (χ3v) is 5.45. The van der Waals surface area contributed by atoms with Gasteiger partial charge in [0.1, 0.15) is 11.8 Å². The highest BCUT2D eigenvalue weighted by atomic mass is 35.5.